The predicted molar refractivity (Wildman–Crippen MR) is 236 cm³/mol. The summed E-state index contributed by atoms with van der Waals surface area (Å²) in [4.78, 5) is 20.7. The number of fused-ring (bicyclic) bond motifs is 8. The highest BCUT2D eigenvalue weighted by atomic mass is 16.5. The number of Topliss-reactive ketones (excluding diaryl/α,β-unsaturated/α-hetero) is 1. The van der Waals surface area contributed by atoms with Crippen LogP contribution in [0.2, 0.25) is 0 Å². The molecule has 0 spiro atoms. The Kier molecular flexibility index (Phi) is 13.0. The highest BCUT2D eigenvalue weighted by Crippen LogP contribution is 2.55. The summed E-state index contributed by atoms with van der Waals surface area (Å²) >= 11 is 0. The number of carbonyl (C=O) groups is 1. The number of ether oxygens (including phenoxy) is 4. The van der Waals surface area contributed by atoms with Crippen molar-refractivity contribution < 1.29 is 39.1 Å². The summed E-state index contributed by atoms with van der Waals surface area (Å²) in [6.45, 7) is 4.47. The predicted octanol–water partition coefficient (Wildman–Crippen LogP) is 7.39. The van der Waals surface area contributed by atoms with Gasteiger partial charge in [-0.2, -0.15) is 0 Å². The number of aryl methyl sites for hydroxylation is 1. The van der Waals surface area contributed by atoms with Crippen molar-refractivity contribution in [1.29, 1.82) is 0 Å². The number of carbonyl (C=O) groups excluding carboxylic acids is 1. The molecule has 5 N–H and O–H groups in total. The number of phenols is 1. The van der Waals surface area contributed by atoms with Crippen LogP contribution < -0.4 is 29.2 Å². The average Bonchev–Trinajstić information content (AvgIpc) is 3.73. The first-order valence-corrected chi connectivity index (χ1v) is 21.2. The highest BCUT2D eigenvalue weighted by Gasteiger charge is 2.40. The Balaban J connectivity index is 1.27. The van der Waals surface area contributed by atoms with E-state index in [1.165, 1.54) is 7.11 Å². The summed E-state index contributed by atoms with van der Waals surface area (Å²) in [6.07, 6.45) is 3.96. The summed E-state index contributed by atoms with van der Waals surface area (Å²) in [5, 5.41) is 34.5. The SMILES string of the molecule is CCc1cc2c([nH]1)N1CCNC(C#CC(c3c(OCCCO)c(OC)c(OCCC(O)C=Cc4ccccc4)c4c3OC(c3ccc(O)cc3)CC4=O)Cc3cccc-2c3)C1. The summed E-state index contributed by atoms with van der Waals surface area (Å²) in [5.41, 5.74) is 6.88. The summed E-state index contributed by atoms with van der Waals surface area (Å²) in [7, 11) is 1.51. The number of piperazine rings is 1. The molecule has 0 aliphatic carbocycles. The molecule has 3 aliphatic heterocycles. The van der Waals surface area contributed by atoms with Gasteiger partial charge in [0.2, 0.25) is 5.75 Å². The number of anilines is 1. The zero-order valence-electron chi connectivity index (χ0n) is 34.7. The van der Waals surface area contributed by atoms with Crippen LogP contribution >= 0.6 is 0 Å². The number of aromatic nitrogens is 1. The number of H-pyrrole nitrogens is 1. The van der Waals surface area contributed by atoms with Crippen molar-refractivity contribution in [2.24, 2.45) is 0 Å². The zero-order chi connectivity index (χ0) is 42.3. The van der Waals surface area contributed by atoms with Gasteiger partial charge in [-0.1, -0.05) is 97.6 Å². The van der Waals surface area contributed by atoms with Crippen LogP contribution in [0.3, 0.4) is 0 Å². The first-order valence-electron chi connectivity index (χ1n) is 21.2. The number of methoxy groups -OCH3 is 1. The third kappa shape index (κ3) is 9.27. The molecule has 316 valence electrons. The number of nitrogens with zero attached hydrogens (tertiary/aromatic N) is 1. The van der Waals surface area contributed by atoms with Crippen LogP contribution in [0.4, 0.5) is 5.82 Å². The standard InChI is InChI=1S/C50H53N3O8/c1-3-37-29-41-35-12-7-11-33(27-35)28-36(14-17-38-31-53(23-22-51-38)50(41)52-37)44-46-45(42(57)30-43(61-46)34-15-19-39(55)20-16-34)48(49(58-2)47(44)59-25-8-24-54)60-26-21-40(56)18-13-32-9-5-4-6-10-32/h4-7,9-13,15-16,18-20,27,29,36,38,40,43,51-52,54-56H,3,8,21-26,28,30-31H2,1-2H3. The Bertz CT molecular complexity index is 2420. The normalized spacial score (nSPS) is 18.7. The van der Waals surface area contributed by atoms with Gasteiger partial charge in [-0.15, -0.1) is 0 Å². The molecule has 11 nitrogen and oxygen atoms in total. The van der Waals surface area contributed by atoms with Gasteiger partial charge in [0.25, 0.3) is 0 Å². The minimum absolute atomic E-state index is 0.00283. The number of aromatic hydroxyl groups is 1. The van der Waals surface area contributed by atoms with E-state index >= 15 is 0 Å². The van der Waals surface area contributed by atoms with Crippen LogP contribution in [-0.4, -0.2) is 84.8 Å². The maximum atomic E-state index is 14.7. The fourth-order valence-corrected chi connectivity index (χ4v) is 8.31. The number of rotatable bonds is 14. The maximum Gasteiger partial charge on any atom is 0.204 e. The molecular weight excluding hydrogens is 771 g/mol. The fraction of sp³-hybridized carbons (Fsp3) is 0.340. The smallest absolute Gasteiger partial charge is 0.204 e. The third-order valence-electron chi connectivity index (χ3n) is 11.4. The van der Waals surface area contributed by atoms with Crippen molar-refractivity contribution in [3.63, 3.8) is 0 Å². The Hall–Kier alpha value is -6.19. The van der Waals surface area contributed by atoms with Gasteiger partial charge < -0.3 is 49.5 Å². The van der Waals surface area contributed by atoms with Crippen molar-refractivity contribution in [3.05, 3.63) is 125 Å². The Morgan fingerprint density at radius 3 is 2.57 bits per heavy atom. The van der Waals surface area contributed by atoms with Crippen LogP contribution in [0, 0.1) is 11.8 Å². The third-order valence-corrected chi connectivity index (χ3v) is 11.4. The molecular formula is C50H53N3O8. The van der Waals surface area contributed by atoms with E-state index in [2.05, 4.69) is 64.3 Å². The van der Waals surface area contributed by atoms with Crippen molar-refractivity contribution in [3.8, 4) is 51.7 Å². The Morgan fingerprint density at radius 1 is 0.967 bits per heavy atom. The largest absolute Gasteiger partial charge is 0.508 e. The molecule has 4 unspecified atom stereocenters. The number of hydrogen-bond donors (Lipinski definition) is 5. The number of phenolic OH excluding ortho intramolecular Hbond substituents is 1. The summed E-state index contributed by atoms with van der Waals surface area (Å²) in [5.74, 6) is 8.61. The molecule has 4 bridgehead atoms. The lowest BCUT2D eigenvalue weighted by Gasteiger charge is -2.34. The van der Waals surface area contributed by atoms with E-state index in [0.29, 0.717) is 30.7 Å². The fourth-order valence-electron chi connectivity index (χ4n) is 8.31. The lowest BCUT2D eigenvalue weighted by atomic mass is 9.85. The van der Waals surface area contributed by atoms with Crippen LogP contribution in [0.25, 0.3) is 17.2 Å². The van der Waals surface area contributed by atoms with E-state index in [1.54, 1.807) is 30.3 Å². The minimum atomic E-state index is -0.824. The van der Waals surface area contributed by atoms with Crippen LogP contribution in [0.5, 0.6) is 28.7 Å². The molecule has 61 heavy (non-hydrogen) atoms. The summed E-state index contributed by atoms with van der Waals surface area (Å²) < 4.78 is 26.2. The van der Waals surface area contributed by atoms with E-state index < -0.39 is 18.1 Å². The van der Waals surface area contributed by atoms with Crippen LogP contribution in [-0.2, 0) is 12.8 Å². The van der Waals surface area contributed by atoms with Gasteiger partial charge in [0.05, 0.1) is 50.4 Å². The molecule has 1 saturated heterocycles. The minimum Gasteiger partial charge on any atom is -0.508 e. The molecule has 11 heteroatoms. The number of aliphatic hydroxyl groups excluding tert-OH is 2. The van der Waals surface area contributed by atoms with Crippen molar-refractivity contribution >= 4 is 17.7 Å². The maximum absolute atomic E-state index is 14.7. The van der Waals surface area contributed by atoms with Gasteiger partial charge in [-0.25, -0.2) is 0 Å². The van der Waals surface area contributed by atoms with Gasteiger partial charge in [0.1, 0.15) is 29.0 Å². The average molecular weight is 824 g/mol. The van der Waals surface area contributed by atoms with E-state index in [4.69, 9.17) is 18.9 Å². The first kappa shape index (κ1) is 41.5. The molecule has 5 aromatic rings. The van der Waals surface area contributed by atoms with Crippen molar-refractivity contribution in [2.75, 3.05) is 51.5 Å². The molecule has 0 radical (unpaired) electrons. The molecule has 4 aromatic carbocycles. The number of aliphatic hydroxyl groups is 2. The van der Waals surface area contributed by atoms with Crippen LogP contribution in [0.1, 0.15) is 76.5 Å². The number of benzene rings is 4. The molecule has 8 rings (SSSR count). The molecule has 4 atom stereocenters. The summed E-state index contributed by atoms with van der Waals surface area (Å²) in [6, 6.07) is 27.0. The number of ketones is 1. The molecule has 4 heterocycles. The quantitative estimate of drug-likeness (QED) is 0.0568. The highest BCUT2D eigenvalue weighted by molar-refractivity contribution is 6.05. The van der Waals surface area contributed by atoms with Gasteiger partial charge in [-0.05, 0) is 53.3 Å². The lowest BCUT2D eigenvalue weighted by Crippen LogP contribution is -2.50. The van der Waals surface area contributed by atoms with Crippen molar-refractivity contribution in [2.45, 2.75) is 63.2 Å². The van der Waals surface area contributed by atoms with Gasteiger partial charge in [-0.3, -0.25) is 4.79 Å². The molecule has 0 amide bonds. The number of hydrogen-bond acceptors (Lipinski definition) is 10. The second kappa shape index (κ2) is 19.0. The van der Waals surface area contributed by atoms with Gasteiger partial charge >= 0.3 is 0 Å². The molecule has 0 saturated carbocycles. The first-order chi connectivity index (χ1) is 29.8. The lowest BCUT2D eigenvalue weighted by molar-refractivity contribution is 0.0835. The Labute approximate surface area is 356 Å². The van der Waals surface area contributed by atoms with E-state index in [9.17, 15) is 20.1 Å². The number of nitrogens with one attached hydrogen (secondary N) is 2. The second-order valence-electron chi connectivity index (χ2n) is 15.6. The number of aromatic amines is 1. The van der Waals surface area contributed by atoms with Crippen LogP contribution in [0.15, 0.2) is 91.0 Å². The van der Waals surface area contributed by atoms with Gasteiger partial charge in [0, 0.05) is 50.3 Å². The van der Waals surface area contributed by atoms with E-state index in [0.717, 1.165) is 58.8 Å². The zero-order valence-corrected chi connectivity index (χ0v) is 34.7. The monoisotopic (exact) mass is 823 g/mol. The van der Waals surface area contributed by atoms with Crippen molar-refractivity contribution in [1.82, 2.24) is 10.3 Å². The van der Waals surface area contributed by atoms with E-state index in [1.807, 2.05) is 36.4 Å². The second-order valence-corrected chi connectivity index (χ2v) is 15.6. The van der Waals surface area contributed by atoms with E-state index in [-0.39, 0.29) is 73.0 Å². The molecule has 1 aromatic heterocycles. The Morgan fingerprint density at radius 2 is 1.79 bits per heavy atom. The van der Waals surface area contributed by atoms with Gasteiger partial charge in [0.15, 0.2) is 17.3 Å². The molecule has 3 aliphatic rings. The molecule has 1 fully saturated rings. The topological polar surface area (TPSA) is 146 Å².